The van der Waals surface area contributed by atoms with E-state index in [1.54, 1.807) is 11.1 Å². The SMILES string of the molecule is OC1(CN2NNc3ccc(Cl)nc32)CCOCC1. The van der Waals surface area contributed by atoms with Crippen LogP contribution in [0.15, 0.2) is 12.1 Å². The normalized spacial score (nSPS) is 21.6. The molecule has 18 heavy (non-hydrogen) atoms. The topological polar surface area (TPSA) is 69.7 Å². The van der Waals surface area contributed by atoms with E-state index in [1.807, 2.05) is 6.07 Å². The molecule has 3 N–H and O–H groups in total. The maximum absolute atomic E-state index is 10.5. The summed E-state index contributed by atoms with van der Waals surface area (Å²) in [6.07, 6.45) is 1.25. The Morgan fingerprint density at radius 1 is 1.44 bits per heavy atom. The lowest BCUT2D eigenvalue weighted by Crippen LogP contribution is -2.50. The Labute approximate surface area is 110 Å². The summed E-state index contributed by atoms with van der Waals surface area (Å²) in [5.74, 6) is 0.711. The molecule has 2 aliphatic heterocycles. The lowest BCUT2D eigenvalue weighted by atomic mass is 9.94. The highest BCUT2D eigenvalue weighted by Crippen LogP contribution is 2.31. The van der Waals surface area contributed by atoms with Crippen LogP contribution in [-0.4, -0.2) is 35.5 Å². The molecule has 6 nitrogen and oxygen atoms in total. The molecule has 0 bridgehead atoms. The van der Waals surface area contributed by atoms with E-state index in [0.29, 0.717) is 43.6 Å². The van der Waals surface area contributed by atoms with Crippen molar-refractivity contribution in [2.75, 3.05) is 30.2 Å². The molecule has 3 heterocycles. The molecule has 1 aromatic heterocycles. The Kier molecular flexibility index (Phi) is 3.03. The highest BCUT2D eigenvalue weighted by Gasteiger charge is 2.34. The highest BCUT2D eigenvalue weighted by molar-refractivity contribution is 6.29. The second-order valence-electron chi connectivity index (χ2n) is 4.66. The number of aliphatic hydroxyl groups is 1. The third kappa shape index (κ3) is 2.24. The van der Waals surface area contributed by atoms with Crippen LogP contribution in [0, 0.1) is 0 Å². The molecule has 1 saturated heterocycles. The molecule has 0 spiro atoms. The molecule has 2 aliphatic rings. The van der Waals surface area contributed by atoms with Crippen molar-refractivity contribution in [1.82, 2.24) is 10.5 Å². The van der Waals surface area contributed by atoms with E-state index in [1.165, 1.54) is 0 Å². The van der Waals surface area contributed by atoms with Gasteiger partial charge in [0.2, 0.25) is 0 Å². The van der Waals surface area contributed by atoms with Gasteiger partial charge in [-0.3, -0.25) is 5.01 Å². The van der Waals surface area contributed by atoms with E-state index in [2.05, 4.69) is 15.9 Å². The van der Waals surface area contributed by atoms with Gasteiger partial charge in [0, 0.05) is 26.1 Å². The zero-order valence-electron chi connectivity index (χ0n) is 9.82. The average Bonchev–Trinajstić information content (AvgIpc) is 2.72. The third-order valence-electron chi connectivity index (χ3n) is 3.30. The van der Waals surface area contributed by atoms with Gasteiger partial charge < -0.3 is 15.3 Å². The van der Waals surface area contributed by atoms with E-state index in [4.69, 9.17) is 16.3 Å². The van der Waals surface area contributed by atoms with Gasteiger partial charge in [-0.25, -0.2) is 4.98 Å². The Hall–Kier alpha value is -1.08. The van der Waals surface area contributed by atoms with Crippen LogP contribution in [0.3, 0.4) is 0 Å². The first kappa shape index (κ1) is 12.0. The quantitative estimate of drug-likeness (QED) is 0.695. The van der Waals surface area contributed by atoms with Gasteiger partial charge in [0.25, 0.3) is 0 Å². The van der Waals surface area contributed by atoms with E-state index < -0.39 is 5.60 Å². The van der Waals surface area contributed by atoms with Gasteiger partial charge in [0.05, 0.1) is 17.8 Å². The van der Waals surface area contributed by atoms with Crippen LogP contribution in [0.2, 0.25) is 5.15 Å². The molecule has 1 aromatic rings. The summed E-state index contributed by atoms with van der Waals surface area (Å²) < 4.78 is 5.27. The number of ether oxygens (including phenoxy) is 1. The Morgan fingerprint density at radius 3 is 3.00 bits per heavy atom. The first-order valence-corrected chi connectivity index (χ1v) is 6.30. The summed E-state index contributed by atoms with van der Waals surface area (Å²) in [6.45, 7) is 1.63. The van der Waals surface area contributed by atoms with E-state index in [9.17, 15) is 5.11 Å². The molecular weight excluding hydrogens is 256 g/mol. The number of rotatable bonds is 2. The molecule has 0 unspecified atom stereocenters. The van der Waals surface area contributed by atoms with Crippen molar-refractivity contribution in [1.29, 1.82) is 0 Å². The number of hydrogen-bond donors (Lipinski definition) is 3. The fourth-order valence-corrected chi connectivity index (χ4v) is 2.37. The standard InChI is InChI=1S/C11H15ClN4O2/c12-9-2-1-8-10(13-9)16(15-14-8)7-11(17)3-5-18-6-4-11/h1-2,14-15,17H,3-7H2. The smallest absolute Gasteiger partial charge is 0.170 e. The zero-order valence-corrected chi connectivity index (χ0v) is 10.6. The zero-order chi connectivity index (χ0) is 12.6. The number of fused-ring (bicyclic) bond motifs is 1. The number of halogens is 1. The summed E-state index contributed by atoms with van der Waals surface area (Å²) in [5, 5.41) is 12.7. The highest BCUT2D eigenvalue weighted by atomic mass is 35.5. The average molecular weight is 271 g/mol. The summed E-state index contributed by atoms with van der Waals surface area (Å²) in [5.41, 5.74) is 6.08. The minimum atomic E-state index is -0.751. The number of anilines is 2. The van der Waals surface area contributed by atoms with Crippen LogP contribution < -0.4 is 16.0 Å². The Bertz CT molecular complexity index is 451. The lowest BCUT2D eigenvalue weighted by molar-refractivity contribution is -0.0585. The van der Waals surface area contributed by atoms with Crippen LogP contribution in [0.4, 0.5) is 11.5 Å². The van der Waals surface area contributed by atoms with E-state index >= 15 is 0 Å². The fourth-order valence-electron chi connectivity index (χ4n) is 2.23. The number of nitrogens with zero attached hydrogens (tertiary/aromatic N) is 2. The number of hydrogen-bond acceptors (Lipinski definition) is 6. The first-order chi connectivity index (χ1) is 8.66. The second kappa shape index (κ2) is 4.55. The summed E-state index contributed by atoms with van der Waals surface area (Å²) in [4.78, 5) is 4.26. The Balaban J connectivity index is 1.77. The monoisotopic (exact) mass is 270 g/mol. The molecular formula is C11H15ClN4O2. The summed E-state index contributed by atoms with van der Waals surface area (Å²) >= 11 is 5.89. The number of nitrogens with one attached hydrogen (secondary N) is 2. The van der Waals surface area contributed by atoms with Crippen molar-refractivity contribution in [2.45, 2.75) is 18.4 Å². The van der Waals surface area contributed by atoms with E-state index in [-0.39, 0.29) is 0 Å². The number of hydrazine groups is 2. The van der Waals surface area contributed by atoms with Crippen LogP contribution in [0.25, 0.3) is 0 Å². The molecule has 0 aromatic carbocycles. The molecule has 7 heteroatoms. The second-order valence-corrected chi connectivity index (χ2v) is 5.05. The van der Waals surface area contributed by atoms with Gasteiger partial charge in [0.1, 0.15) is 5.15 Å². The molecule has 3 rings (SSSR count). The van der Waals surface area contributed by atoms with Gasteiger partial charge >= 0.3 is 0 Å². The predicted molar refractivity (Wildman–Crippen MR) is 68.4 cm³/mol. The molecule has 0 amide bonds. The maximum Gasteiger partial charge on any atom is 0.170 e. The molecule has 98 valence electrons. The fraction of sp³-hybridized carbons (Fsp3) is 0.545. The van der Waals surface area contributed by atoms with Crippen molar-refractivity contribution >= 4 is 23.1 Å². The number of aromatic nitrogens is 1. The minimum Gasteiger partial charge on any atom is -0.388 e. The van der Waals surface area contributed by atoms with Crippen molar-refractivity contribution in [3.05, 3.63) is 17.3 Å². The molecule has 0 saturated carbocycles. The van der Waals surface area contributed by atoms with Crippen LogP contribution in [0.5, 0.6) is 0 Å². The van der Waals surface area contributed by atoms with Gasteiger partial charge in [-0.1, -0.05) is 11.6 Å². The first-order valence-electron chi connectivity index (χ1n) is 5.92. The number of β-amino-alcohol motifs (C(OH)–C–C–N with tert-alkyl or cyclic N) is 1. The lowest BCUT2D eigenvalue weighted by Gasteiger charge is -2.35. The summed E-state index contributed by atoms with van der Waals surface area (Å²) in [6, 6.07) is 3.58. The predicted octanol–water partition coefficient (Wildman–Crippen LogP) is 0.928. The van der Waals surface area contributed by atoms with Gasteiger partial charge in [-0.05, 0) is 12.1 Å². The third-order valence-corrected chi connectivity index (χ3v) is 3.51. The minimum absolute atomic E-state index is 0.434. The molecule has 0 atom stereocenters. The van der Waals surface area contributed by atoms with Gasteiger partial charge in [0.15, 0.2) is 5.82 Å². The molecule has 0 radical (unpaired) electrons. The van der Waals surface area contributed by atoms with Crippen molar-refractivity contribution in [3.8, 4) is 0 Å². The maximum atomic E-state index is 10.5. The van der Waals surface area contributed by atoms with Crippen LogP contribution in [0.1, 0.15) is 12.8 Å². The Morgan fingerprint density at radius 2 is 2.22 bits per heavy atom. The van der Waals surface area contributed by atoms with Gasteiger partial charge in [-0.2, -0.15) is 0 Å². The molecule has 0 aliphatic carbocycles. The molecule has 1 fully saturated rings. The van der Waals surface area contributed by atoms with Crippen LogP contribution >= 0.6 is 11.6 Å². The largest absolute Gasteiger partial charge is 0.388 e. The number of pyridine rings is 1. The van der Waals surface area contributed by atoms with E-state index in [0.717, 1.165) is 5.69 Å². The van der Waals surface area contributed by atoms with Gasteiger partial charge in [-0.15, -0.1) is 5.53 Å². The van der Waals surface area contributed by atoms with Crippen molar-refractivity contribution < 1.29 is 9.84 Å². The van der Waals surface area contributed by atoms with Crippen molar-refractivity contribution in [3.63, 3.8) is 0 Å². The van der Waals surface area contributed by atoms with Crippen LogP contribution in [-0.2, 0) is 4.74 Å². The van der Waals surface area contributed by atoms with Crippen molar-refractivity contribution in [2.24, 2.45) is 0 Å². The summed E-state index contributed by atoms with van der Waals surface area (Å²) in [7, 11) is 0.